The standard InChI is InChI=1S/C26H22ClN5O3/c1-18-7-9-20(10-8-18)16-29-32-26(35)24(25(34)28-15-19-5-3-2-4-6-19)31(30-32)17-23(33)21-11-13-22(27)14-12-21/h2-14,16H,15,17H2,1H3,(H-,28,30,34,35)/p+1. The number of carbonyl (C=O) groups is 2. The van der Waals surface area contributed by atoms with Crippen LogP contribution in [0, 0.1) is 6.92 Å². The molecule has 0 fully saturated rings. The van der Waals surface area contributed by atoms with Crippen LogP contribution in [0.4, 0.5) is 0 Å². The van der Waals surface area contributed by atoms with Crippen LogP contribution in [0.2, 0.25) is 5.02 Å². The number of aromatic amines is 1. The highest BCUT2D eigenvalue weighted by atomic mass is 35.5. The Morgan fingerprint density at radius 2 is 1.71 bits per heavy atom. The molecule has 176 valence electrons. The second kappa shape index (κ2) is 10.8. The highest BCUT2D eigenvalue weighted by Gasteiger charge is 2.30. The molecule has 1 amide bonds. The molecule has 4 aromatic rings. The number of halogens is 1. The third-order valence-corrected chi connectivity index (χ3v) is 5.51. The fourth-order valence-corrected chi connectivity index (χ4v) is 3.47. The number of Topliss-reactive ketones (excluding diaryl/α,β-unsaturated/α-hetero) is 1. The van der Waals surface area contributed by atoms with Crippen molar-refractivity contribution in [3.05, 3.63) is 122 Å². The lowest BCUT2D eigenvalue weighted by Crippen LogP contribution is -2.48. The Balaban J connectivity index is 1.63. The molecule has 0 spiro atoms. The van der Waals surface area contributed by atoms with E-state index in [1.165, 1.54) is 10.9 Å². The number of ketones is 1. The van der Waals surface area contributed by atoms with Crippen LogP contribution in [-0.4, -0.2) is 27.9 Å². The molecule has 0 aliphatic heterocycles. The van der Waals surface area contributed by atoms with Crippen LogP contribution in [0.5, 0.6) is 0 Å². The summed E-state index contributed by atoms with van der Waals surface area (Å²) < 4.78 is 1.20. The number of benzene rings is 3. The van der Waals surface area contributed by atoms with Crippen molar-refractivity contribution in [2.45, 2.75) is 20.0 Å². The quantitative estimate of drug-likeness (QED) is 0.226. The Hall–Kier alpha value is -4.30. The number of amides is 1. The van der Waals surface area contributed by atoms with Crippen LogP contribution in [0.25, 0.3) is 0 Å². The summed E-state index contributed by atoms with van der Waals surface area (Å²) in [4.78, 5) is 39.9. The smallest absolute Gasteiger partial charge is 0.345 e. The Kier molecular flexibility index (Phi) is 7.32. The van der Waals surface area contributed by atoms with Crippen LogP contribution in [0.15, 0.2) is 88.8 Å². The molecule has 35 heavy (non-hydrogen) atoms. The molecule has 0 bridgehead atoms. The molecule has 4 rings (SSSR count). The van der Waals surface area contributed by atoms with Crippen LogP contribution >= 0.6 is 11.6 Å². The van der Waals surface area contributed by atoms with Crippen molar-refractivity contribution in [1.82, 2.24) is 15.3 Å². The number of H-pyrrole nitrogens is 1. The summed E-state index contributed by atoms with van der Waals surface area (Å²) in [5.74, 6) is -0.928. The summed E-state index contributed by atoms with van der Waals surface area (Å²) in [5, 5.41) is 10.1. The van der Waals surface area contributed by atoms with Gasteiger partial charge in [-0.25, -0.2) is 4.79 Å². The van der Waals surface area contributed by atoms with Gasteiger partial charge in [-0.15, -0.1) is 4.68 Å². The van der Waals surface area contributed by atoms with E-state index in [1.807, 2.05) is 61.5 Å². The fourth-order valence-electron chi connectivity index (χ4n) is 3.35. The van der Waals surface area contributed by atoms with E-state index in [1.54, 1.807) is 24.3 Å². The molecule has 1 heterocycles. The molecular weight excluding hydrogens is 466 g/mol. The highest BCUT2D eigenvalue weighted by Crippen LogP contribution is 2.10. The molecule has 0 unspecified atom stereocenters. The van der Waals surface area contributed by atoms with Gasteiger partial charge in [-0.1, -0.05) is 82.1 Å². The van der Waals surface area contributed by atoms with E-state index in [4.69, 9.17) is 11.6 Å². The van der Waals surface area contributed by atoms with Crippen molar-refractivity contribution < 1.29 is 14.3 Å². The first-order chi connectivity index (χ1) is 16.9. The van der Waals surface area contributed by atoms with Gasteiger partial charge in [0, 0.05) is 21.9 Å². The van der Waals surface area contributed by atoms with Gasteiger partial charge in [0.15, 0.2) is 6.54 Å². The van der Waals surface area contributed by atoms with Gasteiger partial charge in [0.05, 0.1) is 6.21 Å². The van der Waals surface area contributed by atoms with Gasteiger partial charge in [0.25, 0.3) is 0 Å². The molecular formula is C26H23ClN5O3+. The Labute approximate surface area is 206 Å². The summed E-state index contributed by atoms with van der Waals surface area (Å²) >= 11 is 5.91. The van der Waals surface area contributed by atoms with Crippen LogP contribution < -0.4 is 15.6 Å². The zero-order valence-corrected chi connectivity index (χ0v) is 19.7. The second-order valence-corrected chi connectivity index (χ2v) is 8.34. The van der Waals surface area contributed by atoms with E-state index >= 15 is 0 Å². The predicted octanol–water partition coefficient (Wildman–Crippen LogP) is 3.12. The summed E-state index contributed by atoms with van der Waals surface area (Å²) in [7, 11) is 0. The molecule has 9 heteroatoms. The third-order valence-electron chi connectivity index (χ3n) is 5.26. The Morgan fingerprint density at radius 3 is 2.40 bits per heavy atom. The monoisotopic (exact) mass is 488 g/mol. The van der Waals surface area contributed by atoms with Gasteiger partial charge in [-0.05, 0) is 42.3 Å². The predicted molar refractivity (Wildman–Crippen MR) is 133 cm³/mol. The maximum absolute atomic E-state index is 13.1. The third kappa shape index (κ3) is 5.99. The van der Waals surface area contributed by atoms with Crippen molar-refractivity contribution in [2.75, 3.05) is 0 Å². The highest BCUT2D eigenvalue weighted by molar-refractivity contribution is 6.30. The minimum atomic E-state index is -0.678. The minimum Gasteiger partial charge on any atom is -0.345 e. The molecule has 0 aliphatic carbocycles. The van der Waals surface area contributed by atoms with Gasteiger partial charge in [0.1, 0.15) is 0 Å². The summed E-state index contributed by atoms with van der Waals surface area (Å²) in [6, 6.07) is 23.3. The van der Waals surface area contributed by atoms with E-state index in [9.17, 15) is 14.4 Å². The molecule has 8 nitrogen and oxygen atoms in total. The average molecular weight is 489 g/mol. The van der Waals surface area contributed by atoms with Gasteiger partial charge in [-0.2, -0.15) is 0 Å². The van der Waals surface area contributed by atoms with E-state index in [2.05, 4.69) is 15.6 Å². The van der Waals surface area contributed by atoms with Crippen molar-refractivity contribution in [2.24, 2.45) is 5.10 Å². The van der Waals surface area contributed by atoms with Gasteiger partial charge < -0.3 is 5.32 Å². The lowest BCUT2D eigenvalue weighted by Gasteiger charge is -2.04. The van der Waals surface area contributed by atoms with Gasteiger partial charge in [-0.3, -0.25) is 9.59 Å². The summed E-state index contributed by atoms with van der Waals surface area (Å²) in [6.45, 7) is 1.93. The number of rotatable bonds is 8. The summed E-state index contributed by atoms with van der Waals surface area (Å²) in [5.41, 5.74) is 2.23. The number of carbonyl (C=O) groups excluding carboxylic acids is 2. The van der Waals surface area contributed by atoms with Crippen LogP contribution in [0.3, 0.4) is 0 Å². The number of aromatic nitrogens is 3. The second-order valence-electron chi connectivity index (χ2n) is 7.91. The maximum Gasteiger partial charge on any atom is 0.432 e. The largest absolute Gasteiger partial charge is 0.432 e. The fraction of sp³-hybridized carbons (Fsp3) is 0.115. The first-order valence-corrected chi connectivity index (χ1v) is 11.3. The van der Waals surface area contributed by atoms with Crippen molar-refractivity contribution in [3.63, 3.8) is 0 Å². The molecule has 0 saturated carbocycles. The van der Waals surface area contributed by atoms with Crippen LogP contribution in [-0.2, 0) is 13.1 Å². The SMILES string of the molecule is Cc1ccc(C=Nn2[nH][n+](CC(=O)c3ccc(Cl)cc3)c(C(=O)NCc3ccccc3)c2=O)cc1. The maximum atomic E-state index is 13.1. The van der Waals surface area contributed by atoms with Gasteiger partial charge >= 0.3 is 17.2 Å². The Bertz CT molecular complexity index is 1420. The van der Waals surface area contributed by atoms with Crippen molar-refractivity contribution >= 4 is 29.5 Å². The minimum absolute atomic E-state index is 0.224. The summed E-state index contributed by atoms with van der Waals surface area (Å²) in [6.07, 6.45) is 1.49. The van der Waals surface area contributed by atoms with Crippen molar-refractivity contribution in [1.29, 1.82) is 0 Å². The first kappa shape index (κ1) is 23.8. The zero-order chi connectivity index (χ0) is 24.8. The van der Waals surface area contributed by atoms with E-state index in [0.717, 1.165) is 21.5 Å². The molecule has 0 aliphatic rings. The molecule has 0 atom stereocenters. The normalized spacial score (nSPS) is 11.0. The molecule has 0 radical (unpaired) electrons. The average Bonchev–Trinajstić information content (AvgIpc) is 3.17. The molecule has 1 aromatic heterocycles. The van der Waals surface area contributed by atoms with E-state index < -0.39 is 11.5 Å². The first-order valence-electron chi connectivity index (χ1n) is 10.9. The lowest BCUT2D eigenvalue weighted by atomic mass is 10.1. The topological polar surface area (TPSA) is 100 Å². The molecule has 2 N–H and O–H groups in total. The van der Waals surface area contributed by atoms with Crippen LogP contribution in [0.1, 0.15) is 37.5 Å². The molecule has 3 aromatic carbocycles. The number of aryl methyl sites for hydroxylation is 1. The van der Waals surface area contributed by atoms with Gasteiger partial charge in [0.2, 0.25) is 5.78 Å². The number of nitrogens with zero attached hydrogens (tertiary/aromatic N) is 3. The van der Waals surface area contributed by atoms with E-state index in [-0.39, 0.29) is 24.6 Å². The molecule has 0 saturated heterocycles. The zero-order valence-electron chi connectivity index (χ0n) is 18.9. The number of nitrogens with one attached hydrogen (secondary N) is 2. The Morgan fingerprint density at radius 1 is 1.03 bits per heavy atom. The van der Waals surface area contributed by atoms with E-state index in [0.29, 0.717) is 10.6 Å². The van der Waals surface area contributed by atoms with Crippen molar-refractivity contribution in [3.8, 4) is 0 Å². The number of hydrogen-bond acceptors (Lipinski definition) is 4. The lowest BCUT2D eigenvalue weighted by molar-refractivity contribution is -0.744. The number of hydrogen-bond donors (Lipinski definition) is 2.